The van der Waals surface area contributed by atoms with Gasteiger partial charge in [0.05, 0.1) is 10.5 Å². The average molecular weight is 309 g/mol. The standard InChI is InChI=1S/C15H23N3O4/c1-3-4-11(5-6-19)9-17-15(20)12-7-10(2)8-13(14(12)16)18(21)22/h7-8,11,19H,3-6,9,16H2,1-2H3,(H,17,20). The highest BCUT2D eigenvalue weighted by atomic mass is 16.6. The minimum absolute atomic E-state index is 0.0680. The van der Waals surface area contributed by atoms with Crippen LogP contribution >= 0.6 is 0 Å². The summed E-state index contributed by atoms with van der Waals surface area (Å²) < 4.78 is 0. The molecule has 0 aliphatic heterocycles. The summed E-state index contributed by atoms with van der Waals surface area (Å²) >= 11 is 0. The Bertz CT molecular complexity index is 540. The quantitative estimate of drug-likeness (QED) is 0.385. The molecule has 0 bridgehead atoms. The number of aryl methyl sites for hydroxylation is 1. The number of amides is 1. The highest BCUT2D eigenvalue weighted by Gasteiger charge is 2.21. The lowest BCUT2D eigenvalue weighted by Crippen LogP contribution is -2.30. The van der Waals surface area contributed by atoms with Gasteiger partial charge >= 0.3 is 0 Å². The highest BCUT2D eigenvalue weighted by molar-refractivity contribution is 6.01. The molecule has 1 rings (SSSR count). The van der Waals surface area contributed by atoms with Crippen molar-refractivity contribution < 1.29 is 14.8 Å². The summed E-state index contributed by atoms with van der Waals surface area (Å²) in [5.41, 5.74) is 6.07. The maximum absolute atomic E-state index is 12.2. The highest BCUT2D eigenvalue weighted by Crippen LogP contribution is 2.27. The van der Waals surface area contributed by atoms with Crippen molar-refractivity contribution in [3.63, 3.8) is 0 Å². The Labute approximate surface area is 129 Å². The molecule has 1 unspecified atom stereocenters. The molecule has 0 saturated heterocycles. The predicted molar refractivity (Wildman–Crippen MR) is 84.7 cm³/mol. The van der Waals surface area contributed by atoms with Crippen molar-refractivity contribution >= 4 is 17.3 Å². The lowest BCUT2D eigenvalue weighted by molar-refractivity contribution is -0.384. The van der Waals surface area contributed by atoms with E-state index in [4.69, 9.17) is 10.8 Å². The summed E-state index contributed by atoms with van der Waals surface area (Å²) in [5.74, 6) is -0.247. The lowest BCUT2D eigenvalue weighted by Gasteiger charge is -2.16. The Hall–Kier alpha value is -2.15. The Morgan fingerprint density at radius 3 is 2.68 bits per heavy atom. The lowest BCUT2D eigenvalue weighted by atomic mass is 10.00. The molecule has 0 radical (unpaired) electrons. The molecular formula is C15H23N3O4. The molecule has 0 heterocycles. The molecule has 0 aliphatic rings. The van der Waals surface area contributed by atoms with Gasteiger partial charge in [0, 0.05) is 19.2 Å². The number of nitrogens with zero attached hydrogens (tertiary/aromatic N) is 1. The van der Waals surface area contributed by atoms with Crippen LogP contribution in [0.2, 0.25) is 0 Å². The molecular weight excluding hydrogens is 286 g/mol. The summed E-state index contributed by atoms with van der Waals surface area (Å²) in [7, 11) is 0. The molecule has 22 heavy (non-hydrogen) atoms. The van der Waals surface area contributed by atoms with Crippen LogP contribution in [-0.2, 0) is 0 Å². The van der Waals surface area contributed by atoms with E-state index in [9.17, 15) is 14.9 Å². The zero-order valence-corrected chi connectivity index (χ0v) is 13.0. The van der Waals surface area contributed by atoms with Gasteiger partial charge in [-0.3, -0.25) is 14.9 Å². The molecule has 7 nitrogen and oxygen atoms in total. The summed E-state index contributed by atoms with van der Waals surface area (Å²) in [6.07, 6.45) is 2.46. The second kappa shape index (κ2) is 8.33. The van der Waals surface area contributed by atoms with Crippen LogP contribution < -0.4 is 11.1 Å². The molecule has 7 heteroatoms. The van der Waals surface area contributed by atoms with Crippen molar-refractivity contribution in [2.75, 3.05) is 18.9 Å². The molecule has 0 fully saturated rings. The number of rotatable bonds is 8. The van der Waals surface area contributed by atoms with Gasteiger partial charge in [-0.15, -0.1) is 0 Å². The van der Waals surface area contributed by atoms with E-state index in [0.29, 0.717) is 18.5 Å². The first-order chi connectivity index (χ1) is 10.4. The Morgan fingerprint density at radius 2 is 2.14 bits per heavy atom. The van der Waals surface area contributed by atoms with Crippen LogP contribution in [0.1, 0.15) is 42.1 Å². The van der Waals surface area contributed by atoms with E-state index in [2.05, 4.69) is 5.32 Å². The van der Waals surface area contributed by atoms with Gasteiger partial charge in [0.1, 0.15) is 5.69 Å². The van der Waals surface area contributed by atoms with E-state index in [-0.39, 0.29) is 29.5 Å². The zero-order chi connectivity index (χ0) is 16.7. The number of nitrogens with one attached hydrogen (secondary N) is 1. The van der Waals surface area contributed by atoms with E-state index in [1.54, 1.807) is 13.0 Å². The van der Waals surface area contributed by atoms with Gasteiger partial charge in [-0.05, 0) is 37.3 Å². The Kier molecular flexibility index (Phi) is 6.78. The smallest absolute Gasteiger partial charge is 0.293 e. The third kappa shape index (κ3) is 4.70. The van der Waals surface area contributed by atoms with Crippen molar-refractivity contribution in [1.29, 1.82) is 0 Å². The second-order valence-electron chi connectivity index (χ2n) is 5.38. The Balaban J connectivity index is 2.87. The first-order valence-corrected chi connectivity index (χ1v) is 7.34. The summed E-state index contributed by atoms with van der Waals surface area (Å²) in [6, 6.07) is 2.89. The number of carbonyl (C=O) groups excluding carboxylic acids is 1. The third-order valence-electron chi connectivity index (χ3n) is 3.53. The number of nitrogen functional groups attached to an aromatic ring is 1. The fourth-order valence-electron chi connectivity index (χ4n) is 2.39. The Morgan fingerprint density at radius 1 is 1.45 bits per heavy atom. The molecule has 0 spiro atoms. The van der Waals surface area contributed by atoms with E-state index in [1.165, 1.54) is 6.07 Å². The predicted octanol–water partition coefficient (Wildman–Crippen LogP) is 2.01. The molecule has 4 N–H and O–H groups in total. The number of hydrogen-bond acceptors (Lipinski definition) is 5. The van der Waals surface area contributed by atoms with Crippen molar-refractivity contribution in [2.45, 2.75) is 33.1 Å². The molecule has 0 saturated carbocycles. The van der Waals surface area contributed by atoms with Crippen molar-refractivity contribution in [3.8, 4) is 0 Å². The first kappa shape index (κ1) is 17.9. The monoisotopic (exact) mass is 309 g/mol. The van der Waals surface area contributed by atoms with E-state index >= 15 is 0 Å². The van der Waals surface area contributed by atoms with E-state index < -0.39 is 10.8 Å². The SMILES string of the molecule is CCCC(CCO)CNC(=O)c1cc(C)cc([N+](=O)[O-])c1N. The number of nitro benzene ring substituents is 1. The van der Waals surface area contributed by atoms with Gasteiger partial charge in [0.2, 0.25) is 0 Å². The van der Waals surface area contributed by atoms with Crippen LogP contribution in [0.5, 0.6) is 0 Å². The van der Waals surface area contributed by atoms with Crippen molar-refractivity contribution in [1.82, 2.24) is 5.32 Å². The normalized spacial score (nSPS) is 12.0. The van der Waals surface area contributed by atoms with Crippen LogP contribution in [0.15, 0.2) is 12.1 Å². The molecule has 122 valence electrons. The number of nitro groups is 1. The maximum atomic E-state index is 12.2. The number of carbonyl (C=O) groups is 1. The summed E-state index contributed by atoms with van der Waals surface area (Å²) in [6.45, 7) is 4.19. The molecule has 1 aromatic carbocycles. The number of aliphatic hydroxyl groups excluding tert-OH is 1. The minimum atomic E-state index is -0.592. The van der Waals surface area contributed by atoms with Crippen LogP contribution in [-0.4, -0.2) is 29.1 Å². The van der Waals surface area contributed by atoms with Crippen LogP contribution in [0.3, 0.4) is 0 Å². The van der Waals surface area contributed by atoms with Gasteiger partial charge in [0.25, 0.3) is 11.6 Å². The number of aliphatic hydroxyl groups is 1. The van der Waals surface area contributed by atoms with E-state index in [1.807, 2.05) is 6.92 Å². The third-order valence-corrected chi connectivity index (χ3v) is 3.53. The topological polar surface area (TPSA) is 118 Å². The van der Waals surface area contributed by atoms with Gasteiger partial charge in [-0.1, -0.05) is 13.3 Å². The zero-order valence-electron chi connectivity index (χ0n) is 13.0. The number of hydrogen-bond donors (Lipinski definition) is 3. The number of nitrogens with two attached hydrogens (primary N) is 1. The van der Waals surface area contributed by atoms with Crippen molar-refractivity contribution in [3.05, 3.63) is 33.4 Å². The largest absolute Gasteiger partial charge is 0.396 e. The molecule has 0 aliphatic carbocycles. The maximum Gasteiger partial charge on any atom is 0.293 e. The minimum Gasteiger partial charge on any atom is -0.396 e. The van der Waals surface area contributed by atoms with Gasteiger partial charge in [-0.2, -0.15) is 0 Å². The van der Waals surface area contributed by atoms with E-state index in [0.717, 1.165) is 12.8 Å². The van der Waals surface area contributed by atoms with Gasteiger partial charge in [-0.25, -0.2) is 0 Å². The fraction of sp³-hybridized carbons (Fsp3) is 0.533. The van der Waals surface area contributed by atoms with Gasteiger partial charge < -0.3 is 16.2 Å². The van der Waals surface area contributed by atoms with Crippen LogP contribution in [0, 0.1) is 23.0 Å². The summed E-state index contributed by atoms with van der Waals surface area (Å²) in [4.78, 5) is 22.6. The fourth-order valence-corrected chi connectivity index (χ4v) is 2.39. The number of anilines is 1. The number of benzene rings is 1. The molecule has 1 aromatic rings. The summed E-state index contributed by atoms with van der Waals surface area (Å²) in [5, 5.41) is 22.7. The van der Waals surface area contributed by atoms with Crippen LogP contribution in [0.25, 0.3) is 0 Å². The van der Waals surface area contributed by atoms with Crippen LogP contribution in [0.4, 0.5) is 11.4 Å². The average Bonchev–Trinajstić information content (AvgIpc) is 2.46. The van der Waals surface area contributed by atoms with Crippen molar-refractivity contribution in [2.24, 2.45) is 5.92 Å². The van der Waals surface area contributed by atoms with Gasteiger partial charge in [0.15, 0.2) is 0 Å². The molecule has 0 aromatic heterocycles. The first-order valence-electron chi connectivity index (χ1n) is 7.34. The second-order valence-corrected chi connectivity index (χ2v) is 5.38. The molecule has 1 atom stereocenters. The molecule has 1 amide bonds.